The maximum atomic E-state index is 13.2. The number of benzene rings is 2. The highest BCUT2D eigenvalue weighted by molar-refractivity contribution is 5.81. The second kappa shape index (κ2) is 7.57. The molecule has 1 aromatic heterocycles. The van der Waals surface area contributed by atoms with Crippen LogP contribution in [0.25, 0.3) is 10.9 Å². The number of aromatic amines is 1. The monoisotopic (exact) mass is 363 g/mol. The molecular formula is C23H27N2O2+. The van der Waals surface area contributed by atoms with E-state index in [-0.39, 0.29) is 5.43 Å². The maximum absolute atomic E-state index is 13.2. The molecule has 3 aromatic rings. The van der Waals surface area contributed by atoms with Gasteiger partial charge in [0.15, 0.2) is 5.43 Å². The number of para-hydroxylation sites is 1. The van der Waals surface area contributed by atoms with E-state index in [4.69, 9.17) is 4.74 Å². The molecule has 0 saturated carbocycles. The fourth-order valence-electron chi connectivity index (χ4n) is 4.14. The molecule has 0 radical (unpaired) electrons. The Hall–Kier alpha value is -2.59. The Labute approximate surface area is 159 Å². The Morgan fingerprint density at radius 3 is 2.74 bits per heavy atom. The van der Waals surface area contributed by atoms with Crippen LogP contribution in [0.15, 0.2) is 53.3 Å². The zero-order valence-corrected chi connectivity index (χ0v) is 16.0. The van der Waals surface area contributed by atoms with Crippen LogP contribution in [-0.2, 0) is 6.54 Å². The Bertz CT molecular complexity index is 994. The van der Waals surface area contributed by atoms with Crippen molar-refractivity contribution in [3.8, 4) is 11.5 Å². The van der Waals surface area contributed by atoms with Gasteiger partial charge in [0.2, 0.25) is 0 Å². The van der Waals surface area contributed by atoms with Gasteiger partial charge in [-0.2, -0.15) is 0 Å². The van der Waals surface area contributed by atoms with Crippen LogP contribution in [-0.4, -0.2) is 18.1 Å². The molecule has 2 atom stereocenters. The summed E-state index contributed by atoms with van der Waals surface area (Å²) < 4.78 is 5.92. The van der Waals surface area contributed by atoms with Crippen LogP contribution >= 0.6 is 0 Å². The third kappa shape index (κ3) is 3.91. The van der Waals surface area contributed by atoms with Crippen molar-refractivity contribution >= 4 is 10.9 Å². The van der Waals surface area contributed by atoms with Crippen molar-refractivity contribution in [2.45, 2.75) is 33.2 Å². The van der Waals surface area contributed by atoms with Crippen LogP contribution in [0, 0.1) is 12.8 Å². The topological polar surface area (TPSA) is 46.5 Å². The van der Waals surface area contributed by atoms with Crippen molar-refractivity contribution in [3.05, 3.63) is 70.0 Å². The minimum absolute atomic E-state index is 0.130. The molecule has 1 fully saturated rings. The van der Waals surface area contributed by atoms with Crippen LogP contribution in [0.4, 0.5) is 0 Å². The summed E-state index contributed by atoms with van der Waals surface area (Å²) in [4.78, 5) is 18.2. The SMILES string of the molecule is Cc1[nH]c2ccc(Oc3ccccc3)cc2c(=O)c1C[NH+]1CCC[C@H](C)C1. The van der Waals surface area contributed by atoms with E-state index in [1.165, 1.54) is 17.7 Å². The van der Waals surface area contributed by atoms with Gasteiger partial charge in [0.25, 0.3) is 0 Å². The molecular weight excluding hydrogens is 336 g/mol. The van der Waals surface area contributed by atoms with Gasteiger partial charge in [-0.15, -0.1) is 0 Å². The van der Waals surface area contributed by atoms with Gasteiger partial charge in [-0.05, 0) is 50.1 Å². The summed E-state index contributed by atoms with van der Waals surface area (Å²) in [6.45, 7) is 7.42. The van der Waals surface area contributed by atoms with Gasteiger partial charge in [0.05, 0.1) is 18.7 Å². The fraction of sp³-hybridized carbons (Fsp3) is 0.348. The van der Waals surface area contributed by atoms with Gasteiger partial charge < -0.3 is 14.6 Å². The van der Waals surface area contributed by atoms with Gasteiger partial charge >= 0.3 is 0 Å². The average molecular weight is 363 g/mol. The predicted octanol–water partition coefficient (Wildman–Crippen LogP) is 3.44. The molecule has 2 heterocycles. The van der Waals surface area contributed by atoms with E-state index in [0.717, 1.165) is 48.1 Å². The molecule has 4 rings (SSSR count). The van der Waals surface area contributed by atoms with E-state index in [2.05, 4.69) is 11.9 Å². The lowest BCUT2D eigenvalue weighted by Crippen LogP contribution is -3.12. The van der Waals surface area contributed by atoms with Gasteiger partial charge in [-0.1, -0.05) is 25.1 Å². The van der Waals surface area contributed by atoms with Crippen LogP contribution in [0.5, 0.6) is 11.5 Å². The quantitative estimate of drug-likeness (QED) is 0.746. The van der Waals surface area contributed by atoms with Crippen molar-refractivity contribution in [3.63, 3.8) is 0 Å². The van der Waals surface area contributed by atoms with Crippen LogP contribution in [0.3, 0.4) is 0 Å². The fourth-order valence-corrected chi connectivity index (χ4v) is 4.14. The number of nitrogens with one attached hydrogen (secondary N) is 2. The van der Waals surface area contributed by atoms with Crippen molar-refractivity contribution in [1.82, 2.24) is 4.98 Å². The molecule has 2 aromatic carbocycles. The minimum atomic E-state index is 0.130. The van der Waals surface area contributed by atoms with E-state index >= 15 is 0 Å². The van der Waals surface area contributed by atoms with E-state index in [0.29, 0.717) is 11.1 Å². The molecule has 0 bridgehead atoms. The summed E-state index contributed by atoms with van der Waals surface area (Å²) in [5.41, 5.74) is 2.88. The number of rotatable bonds is 4. The van der Waals surface area contributed by atoms with Crippen LogP contribution < -0.4 is 15.1 Å². The number of quaternary nitrogens is 1. The van der Waals surface area contributed by atoms with E-state index < -0.39 is 0 Å². The molecule has 0 amide bonds. The predicted molar refractivity (Wildman–Crippen MR) is 109 cm³/mol. The molecule has 140 valence electrons. The van der Waals surface area contributed by atoms with E-state index in [1.807, 2.05) is 55.5 Å². The lowest BCUT2D eigenvalue weighted by atomic mass is 9.99. The summed E-state index contributed by atoms with van der Waals surface area (Å²) in [6, 6.07) is 15.4. The summed E-state index contributed by atoms with van der Waals surface area (Å²) in [7, 11) is 0. The molecule has 1 aliphatic rings. The normalized spacial score (nSPS) is 19.9. The number of H-pyrrole nitrogens is 1. The first-order valence-corrected chi connectivity index (χ1v) is 9.82. The minimum Gasteiger partial charge on any atom is -0.457 e. The molecule has 1 unspecified atom stereocenters. The smallest absolute Gasteiger partial charge is 0.198 e. The molecule has 0 aliphatic carbocycles. The summed E-state index contributed by atoms with van der Waals surface area (Å²) >= 11 is 0. The Kier molecular flexibility index (Phi) is 4.99. The van der Waals surface area contributed by atoms with Gasteiger partial charge in [-0.25, -0.2) is 0 Å². The van der Waals surface area contributed by atoms with Gasteiger partial charge in [0.1, 0.15) is 18.0 Å². The van der Waals surface area contributed by atoms with Crippen molar-refractivity contribution < 1.29 is 9.64 Å². The first-order valence-electron chi connectivity index (χ1n) is 9.82. The second-order valence-electron chi connectivity index (χ2n) is 7.81. The van der Waals surface area contributed by atoms with Crippen molar-refractivity contribution in [1.29, 1.82) is 0 Å². The largest absolute Gasteiger partial charge is 0.457 e. The lowest BCUT2D eigenvalue weighted by Gasteiger charge is -2.28. The van der Waals surface area contributed by atoms with Crippen molar-refractivity contribution in [2.75, 3.05) is 13.1 Å². The van der Waals surface area contributed by atoms with Crippen LogP contribution in [0.2, 0.25) is 0 Å². The zero-order valence-electron chi connectivity index (χ0n) is 16.0. The Morgan fingerprint density at radius 1 is 1.15 bits per heavy atom. The molecule has 4 heteroatoms. The number of likely N-dealkylation sites (tertiary alicyclic amines) is 1. The zero-order chi connectivity index (χ0) is 18.8. The molecule has 2 N–H and O–H groups in total. The summed E-state index contributed by atoms with van der Waals surface area (Å²) in [5.74, 6) is 2.19. The van der Waals surface area contributed by atoms with E-state index in [9.17, 15) is 4.79 Å². The molecule has 27 heavy (non-hydrogen) atoms. The molecule has 1 aliphatic heterocycles. The average Bonchev–Trinajstić information content (AvgIpc) is 2.67. The van der Waals surface area contributed by atoms with Crippen LogP contribution in [0.1, 0.15) is 31.0 Å². The number of aromatic nitrogens is 1. The van der Waals surface area contributed by atoms with E-state index in [1.54, 1.807) is 0 Å². The Morgan fingerprint density at radius 2 is 1.96 bits per heavy atom. The summed E-state index contributed by atoms with van der Waals surface area (Å²) in [6.07, 6.45) is 2.55. The number of ether oxygens (including phenoxy) is 1. The number of aryl methyl sites for hydroxylation is 1. The maximum Gasteiger partial charge on any atom is 0.198 e. The molecule has 1 saturated heterocycles. The lowest BCUT2D eigenvalue weighted by molar-refractivity contribution is -0.922. The Balaban J connectivity index is 1.67. The molecule has 0 spiro atoms. The highest BCUT2D eigenvalue weighted by atomic mass is 16.5. The standard InChI is InChI=1S/C23H26N2O2/c1-16-7-6-12-25(14-16)15-21-17(2)24-22-11-10-19(13-20(22)23(21)26)27-18-8-4-3-5-9-18/h3-5,8-11,13,16H,6-7,12,14-15H2,1-2H3,(H,24,26)/p+1/t16-/m0/s1. The number of fused-ring (bicyclic) bond motifs is 1. The highest BCUT2D eigenvalue weighted by Gasteiger charge is 2.22. The third-order valence-electron chi connectivity index (χ3n) is 5.55. The first kappa shape index (κ1) is 17.8. The number of hydrogen-bond donors (Lipinski definition) is 2. The van der Waals surface area contributed by atoms with Gasteiger partial charge in [-0.3, -0.25) is 4.79 Å². The highest BCUT2D eigenvalue weighted by Crippen LogP contribution is 2.24. The summed E-state index contributed by atoms with van der Waals surface area (Å²) in [5, 5.41) is 0.702. The number of hydrogen-bond acceptors (Lipinski definition) is 2. The number of pyridine rings is 1. The number of piperidine rings is 1. The first-order chi connectivity index (χ1) is 13.1. The molecule has 4 nitrogen and oxygen atoms in total. The third-order valence-corrected chi connectivity index (χ3v) is 5.55. The van der Waals surface area contributed by atoms with Gasteiger partial charge in [0, 0.05) is 22.5 Å². The van der Waals surface area contributed by atoms with Crippen molar-refractivity contribution in [2.24, 2.45) is 5.92 Å². The second-order valence-corrected chi connectivity index (χ2v) is 7.81.